The number of nitrogens with one attached hydrogen (secondary N) is 1. The van der Waals surface area contributed by atoms with Crippen molar-refractivity contribution >= 4 is 11.7 Å². The van der Waals surface area contributed by atoms with Crippen LogP contribution in [-0.4, -0.2) is 43.3 Å². The van der Waals surface area contributed by atoms with E-state index < -0.39 is 0 Å². The molecule has 28 heavy (non-hydrogen) atoms. The number of carbonyl (C=O) groups is 2. The number of carbonyl (C=O) groups excluding carboxylic acids is 2. The first-order valence-corrected chi connectivity index (χ1v) is 9.78. The Morgan fingerprint density at radius 2 is 1.75 bits per heavy atom. The first-order valence-electron chi connectivity index (χ1n) is 9.78. The maximum absolute atomic E-state index is 12.7. The molecule has 1 N–H and O–H groups in total. The van der Waals surface area contributed by atoms with E-state index in [0.717, 1.165) is 48.4 Å². The molecule has 5 heteroatoms. The third-order valence-corrected chi connectivity index (χ3v) is 5.33. The highest BCUT2D eigenvalue weighted by Gasteiger charge is 2.26. The summed E-state index contributed by atoms with van der Waals surface area (Å²) in [6, 6.07) is 15.5. The van der Waals surface area contributed by atoms with Gasteiger partial charge in [-0.15, -0.1) is 0 Å². The SMILES string of the molecule is COc1ccccc1CNC(=O)CN1CCC(C(=O)c2ccc(C)cc2)CC1. The predicted molar refractivity (Wildman–Crippen MR) is 110 cm³/mol. The lowest BCUT2D eigenvalue weighted by molar-refractivity contribution is -0.122. The van der Waals surface area contributed by atoms with Crippen LogP contribution < -0.4 is 10.1 Å². The first kappa shape index (κ1) is 20.1. The Labute approximate surface area is 166 Å². The molecule has 3 rings (SSSR count). The van der Waals surface area contributed by atoms with Gasteiger partial charge in [0.2, 0.25) is 5.91 Å². The third-order valence-electron chi connectivity index (χ3n) is 5.33. The molecule has 1 amide bonds. The summed E-state index contributed by atoms with van der Waals surface area (Å²) in [6.45, 7) is 4.37. The van der Waals surface area contributed by atoms with Crippen LogP contribution in [0, 0.1) is 12.8 Å². The van der Waals surface area contributed by atoms with Crippen molar-refractivity contribution in [3.63, 3.8) is 0 Å². The molecule has 1 saturated heterocycles. The number of ether oxygens (including phenoxy) is 1. The number of amides is 1. The van der Waals surface area contributed by atoms with Gasteiger partial charge in [0, 0.05) is 23.6 Å². The van der Waals surface area contributed by atoms with Gasteiger partial charge in [0.05, 0.1) is 13.7 Å². The number of piperidine rings is 1. The molecule has 0 saturated carbocycles. The summed E-state index contributed by atoms with van der Waals surface area (Å²) in [5.74, 6) is 1.04. The molecule has 0 aliphatic carbocycles. The van der Waals surface area contributed by atoms with Gasteiger partial charge in [-0.05, 0) is 38.9 Å². The Hall–Kier alpha value is -2.66. The lowest BCUT2D eigenvalue weighted by Gasteiger charge is -2.30. The summed E-state index contributed by atoms with van der Waals surface area (Å²) in [4.78, 5) is 27.1. The van der Waals surface area contributed by atoms with Crippen LogP contribution in [0.4, 0.5) is 0 Å². The highest BCUT2D eigenvalue weighted by atomic mass is 16.5. The van der Waals surface area contributed by atoms with Gasteiger partial charge in [0.25, 0.3) is 0 Å². The van der Waals surface area contributed by atoms with Crippen LogP contribution >= 0.6 is 0 Å². The van der Waals surface area contributed by atoms with Gasteiger partial charge in [0.1, 0.15) is 5.75 Å². The van der Waals surface area contributed by atoms with E-state index in [1.165, 1.54) is 0 Å². The standard InChI is InChI=1S/C23H28N2O3/c1-17-7-9-18(10-8-17)23(27)19-11-13-25(14-12-19)16-22(26)24-15-20-5-3-4-6-21(20)28-2/h3-10,19H,11-16H2,1-2H3,(H,24,26). The van der Waals surface area contributed by atoms with Crippen LogP contribution in [0.5, 0.6) is 5.75 Å². The molecule has 0 spiro atoms. The Balaban J connectivity index is 1.44. The van der Waals surface area contributed by atoms with Crippen molar-refractivity contribution in [2.45, 2.75) is 26.3 Å². The smallest absolute Gasteiger partial charge is 0.234 e. The van der Waals surface area contributed by atoms with E-state index in [1.807, 2.05) is 55.5 Å². The van der Waals surface area contributed by atoms with Gasteiger partial charge in [-0.3, -0.25) is 14.5 Å². The lowest BCUT2D eigenvalue weighted by atomic mass is 9.88. The van der Waals surface area contributed by atoms with Crippen LogP contribution in [0.15, 0.2) is 48.5 Å². The topological polar surface area (TPSA) is 58.6 Å². The molecule has 148 valence electrons. The fourth-order valence-corrected chi connectivity index (χ4v) is 3.61. The van der Waals surface area contributed by atoms with Crippen LogP contribution in [-0.2, 0) is 11.3 Å². The minimum absolute atomic E-state index is 0.00535. The predicted octanol–water partition coefficient (Wildman–Crippen LogP) is 3.21. The van der Waals surface area contributed by atoms with E-state index in [-0.39, 0.29) is 17.6 Å². The summed E-state index contributed by atoms with van der Waals surface area (Å²) >= 11 is 0. The Bertz CT molecular complexity index is 809. The van der Waals surface area contributed by atoms with Crippen LogP contribution in [0.2, 0.25) is 0 Å². The molecule has 1 aliphatic rings. The maximum atomic E-state index is 12.7. The van der Waals surface area contributed by atoms with Crippen molar-refractivity contribution in [1.82, 2.24) is 10.2 Å². The number of hydrogen-bond acceptors (Lipinski definition) is 4. The maximum Gasteiger partial charge on any atom is 0.234 e. The van der Waals surface area contributed by atoms with Gasteiger partial charge in [-0.25, -0.2) is 0 Å². The van der Waals surface area contributed by atoms with E-state index in [9.17, 15) is 9.59 Å². The monoisotopic (exact) mass is 380 g/mol. The molecule has 1 heterocycles. The van der Waals surface area contributed by atoms with E-state index in [2.05, 4.69) is 10.2 Å². The quantitative estimate of drug-likeness (QED) is 0.750. The zero-order chi connectivity index (χ0) is 19.9. The molecular formula is C23H28N2O3. The minimum Gasteiger partial charge on any atom is -0.496 e. The number of ketones is 1. The highest BCUT2D eigenvalue weighted by Crippen LogP contribution is 2.22. The third kappa shape index (κ3) is 5.20. The Morgan fingerprint density at radius 3 is 2.43 bits per heavy atom. The first-order chi connectivity index (χ1) is 13.6. The van der Waals surface area contributed by atoms with Gasteiger partial charge < -0.3 is 10.1 Å². The second kappa shape index (κ2) is 9.51. The number of para-hydroxylation sites is 1. The van der Waals surface area contributed by atoms with Gasteiger partial charge in [-0.1, -0.05) is 48.0 Å². The largest absolute Gasteiger partial charge is 0.496 e. The van der Waals surface area contributed by atoms with Crippen molar-refractivity contribution in [3.05, 3.63) is 65.2 Å². The summed E-state index contributed by atoms with van der Waals surface area (Å²) in [7, 11) is 1.63. The highest BCUT2D eigenvalue weighted by molar-refractivity contribution is 5.97. The average Bonchev–Trinajstić information content (AvgIpc) is 2.73. The van der Waals surface area contributed by atoms with Crippen LogP contribution in [0.3, 0.4) is 0 Å². The van der Waals surface area contributed by atoms with E-state index in [4.69, 9.17) is 4.74 Å². The zero-order valence-electron chi connectivity index (χ0n) is 16.6. The summed E-state index contributed by atoms with van der Waals surface area (Å²) < 4.78 is 5.31. The van der Waals surface area contributed by atoms with Crippen molar-refractivity contribution in [3.8, 4) is 5.75 Å². The molecule has 0 radical (unpaired) electrons. The normalized spacial score (nSPS) is 15.2. The average molecular weight is 380 g/mol. The van der Waals surface area contributed by atoms with E-state index >= 15 is 0 Å². The fourth-order valence-electron chi connectivity index (χ4n) is 3.61. The van der Waals surface area contributed by atoms with E-state index in [1.54, 1.807) is 7.11 Å². The molecule has 0 aromatic heterocycles. The van der Waals surface area contributed by atoms with Crippen LogP contribution in [0.25, 0.3) is 0 Å². The molecule has 0 unspecified atom stereocenters. The second-order valence-corrected chi connectivity index (χ2v) is 7.37. The fraction of sp³-hybridized carbons (Fsp3) is 0.391. The Morgan fingerprint density at radius 1 is 1.07 bits per heavy atom. The van der Waals surface area contributed by atoms with E-state index in [0.29, 0.717) is 13.1 Å². The molecule has 5 nitrogen and oxygen atoms in total. The molecule has 2 aromatic rings. The number of nitrogens with zero attached hydrogens (tertiary/aromatic N) is 1. The molecular weight excluding hydrogens is 352 g/mol. The summed E-state index contributed by atoms with van der Waals surface area (Å²) in [6.07, 6.45) is 1.60. The second-order valence-electron chi connectivity index (χ2n) is 7.37. The number of benzene rings is 2. The van der Waals surface area contributed by atoms with Crippen molar-refractivity contribution in [1.29, 1.82) is 0 Å². The minimum atomic E-state index is -0.00535. The number of rotatable bonds is 7. The number of methoxy groups -OCH3 is 1. The summed E-state index contributed by atoms with van der Waals surface area (Å²) in [5.41, 5.74) is 2.91. The molecule has 2 aromatic carbocycles. The molecule has 1 aliphatic heterocycles. The number of likely N-dealkylation sites (tertiary alicyclic amines) is 1. The lowest BCUT2D eigenvalue weighted by Crippen LogP contribution is -2.42. The van der Waals surface area contributed by atoms with Gasteiger partial charge in [-0.2, -0.15) is 0 Å². The number of hydrogen-bond donors (Lipinski definition) is 1. The molecule has 0 atom stereocenters. The number of Topliss-reactive ketones (excluding diaryl/α,β-unsaturated/α-hetero) is 1. The van der Waals surface area contributed by atoms with Gasteiger partial charge in [0.15, 0.2) is 5.78 Å². The van der Waals surface area contributed by atoms with Crippen LogP contribution in [0.1, 0.15) is 34.3 Å². The van der Waals surface area contributed by atoms with Crippen molar-refractivity contribution < 1.29 is 14.3 Å². The van der Waals surface area contributed by atoms with Gasteiger partial charge >= 0.3 is 0 Å². The molecule has 0 bridgehead atoms. The number of aryl methyl sites for hydroxylation is 1. The summed E-state index contributed by atoms with van der Waals surface area (Å²) in [5, 5.41) is 2.96. The zero-order valence-corrected chi connectivity index (χ0v) is 16.6. The van der Waals surface area contributed by atoms with Crippen molar-refractivity contribution in [2.24, 2.45) is 5.92 Å². The van der Waals surface area contributed by atoms with Crippen molar-refractivity contribution in [2.75, 3.05) is 26.7 Å². The molecule has 1 fully saturated rings. The Kier molecular flexibility index (Phi) is 6.82.